The lowest BCUT2D eigenvalue weighted by Gasteiger charge is -2.38. The van der Waals surface area contributed by atoms with Gasteiger partial charge in [-0.05, 0) is 39.4 Å². The molecule has 0 saturated carbocycles. The molecule has 3 heteroatoms. The van der Waals surface area contributed by atoms with E-state index >= 15 is 0 Å². The van der Waals surface area contributed by atoms with Gasteiger partial charge < -0.3 is 15.3 Å². The summed E-state index contributed by atoms with van der Waals surface area (Å²) in [4.78, 5) is 2.27. The molecule has 1 rings (SSSR count). The zero-order valence-electron chi connectivity index (χ0n) is 12.7. The van der Waals surface area contributed by atoms with Crippen molar-refractivity contribution in [3.8, 4) is 0 Å². The molecular weight excluding hydrogens is 236 g/mol. The van der Waals surface area contributed by atoms with Gasteiger partial charge in [0.1, 0.15) is 0 Å². The quantitative estimate of drug-likeness (QED) is 0.756. The van der Waals surface area contributed by atoms with Gasteiger partial charge in [0.2, 0.25) is 0 Å². The first kappa shape index (κ1) is 16.2. The van der Waals surface area contributed by atoms with Gasteiger partial charge in [0, 0.05) is 12.6 Å². The maximum Gasteiger partial charge on any atom is 0.0797 e. The largest absolute Gasteiger partial charge is 0.394 e. The zero-order valence-corrected chi connectivity index (χ0v) is 12.7. The van der Waals surface area contributed by atoms with Gasteiger partial charge in [0.15, 0.2) is 0 Å². The molecule has 0 aliphatic heterocycles. The molecule has 0 amide bonds. The topological polar surface area (TPSA) is 35.5 Å². The highest BCUT2D eigenvalue weighted by molar-refractivity contribution is 5.25. The van der Waals surface area contributed by atoms with E-state index in [0.717, 1.165) is 25.1 Å². The van der Waals surface area contributed by atoms with Gasteiger partial charge in [-0.25, -0.2) is 0 Å². The third-order valence-electron chi connectivity index (χ3n) is 3.71. The van der Waals surface area contributed by atoms with Crippen LogP contribution in [0.2, 0.25) is 0 Å². The van der Waals surface area contributed by atoms with Crippen LogP contribution in [0.15, 0.2) is 30.3 Å². The highest BCUT2D eigenvalue weighted by Gasteiger charge is 2.32. The Balaban J connectivity index is 3.00. The number of nitrogens with one attached hydrogen (secondary N) is 1. The molecule has 1 unspecified atom stereocenters. The third kappa shape index (κ3) is 4.30. The van der Waals surface area contributed by atoms with E-state index in [1.807, 2.05) is 18.2 Å². The first-order valence-electron chi connectivity index (χ1n) is 7.17. The molecule has 0 fully saturated rings. The molecule has 0 spiro atoms. The van der Waals surface area contributed by atoms with Crippen molar-refractivity contribution >= 4 is 0 Å². The number of benzene rings is 1. The summed E-state index contributed by atoms with van der Waals surface area (Å²) in [6, 6.07) is 10.7. The molecule has 1 aromatic carbocycles. The zero-order chi connectivity index (χ0) is 14.3. The van der Waals surface area contributed by atoms with Gasteiger partial charge in [-0.3, -0.25) is 0 Å². The van der Waals surface area contributed by atoms with E-state index < -0.39 is 0 Å². The summed E-state index contributed by atoms with van der Waals surface area (Å²) in [5.41, 5.74) is 0.773. The van der Waals surface area contributed by atoms with Crippen LogP contribution >= 0.6 is 0 Å². The molecular formula is C16H28N2O. The Morgan fingerprint density at radius 2 is 1.89 bits per heavy atom. The fraction of sp³-hybridized carbons (Fsp3) is 0.625. The predicted molar refractivity (Wildman–Crippen MR) is 81.3 cm³/mol. The van der Waals surface area contributed by atoms with Crippen molar-refractivity contribution in [2.75, 3.05) is 26.7 Å². The predicted octanol–water partition coefficient (Wildman–Crippen LogP) is 2.21. The van der Waals surface area contributed by atoms with E-state index in [4.69, 9.17) is 0 Å². The second kappa shape index (κ2) is 7.63. The summed E-state index contributed by atoms with van der Waals surface area (Å²) in [6.07, 6.45) is 1.06. The van der Waals surface area contributed by atoms with Crippen molar-refractivity contribution in [2.24, 2.45) is 0 Å². The number of hydrogen-bond donors (Lipinski definition) is 2. The van der Waals surface area contributed by atoms with Crippen LogP contribution in [0.5, 0.6) is 0 Å². The van der Waals surface area contributed by atoms with Crippen molar-refractivity contribution < 1.29 is 5.11 Å². The van der Waals surface area contributed by atoms with E-state index in [0.29, 0.717) is 6.04 Å². The molecule has 19 heavy (non-hydrogen) atoms. The Labute approximate surface area is 117 Å². The summed E-state index contributed by atoms with van der Waals surface area (Å²) >= 11 is 0. The number of rotatable bonds is 8. The minimum atomic E-state index is -0.379. The fourth-order valence-corrected chi connectivity index (χ4v) is 2.18. The fourth-order valence-electron chi connectivity index (χ4n) is 2.18. The number of aliphatic hydroxyl groups is 1. The SMILES string of the molecule is CCCNC(CO)(CN(C)C(C)C)c1ccccc1. The molecule has 3 nitrogen and oxygen atoms in total. The molecule has 0 aromatic heterocycles. The highest BCUT2D eigenvalue weighted by atomic mass is 16.3. The van der Waals surface area contributed by atoms with Crippen molar-refractivity contribution in [1.29, 1.82) is 0 Å². The van der Waals surface area contributed by atoms with Crippen LogP contribution in [-0.4, -0.2) is 42.8 Å². The highest BCUT2D eigenvalue weighted by Crippen LogP contribution is 2.22. The monoisotopic (exact) mass is 264 g/mol. The van der Waals surface area contributed by atoms with Gasteiger partial charge in [0.25, 0.3) is 0 Å². The normalized spacial score (nSPS) is 14.9. The molecule has 0 heterocycles. The van der Waals surface area contributed by atoms with E-state index in [2.05, 4.69) is 50.2 Å². The molecule has 0 bridgehead atoms. The minimum Gasteiger partial charge on any atom is -0.394 e. The summed E-state index contributed by atoms with van der Waals surface area (Å²) in [5, 5.41) is 13.5. The third-order valence-corrected chi connectivity index (χ3v) is 3.71. The maximum absolute atomic E-state index is 10.00. The van der Waals surface area contributed by atoms with Crippen LogP contribution in [0.25, 0.3) is 0 Å². The second-order valence-corrected chi connectivity index (χ2v) is 5.54. The van der Waals surface area contributed by atoms with Crippen molar-refractivity contribution in [3.63, 3.8) is 0 Å². The molecule has 0 aliphatic rings. The van der Waals surface area contributed by atoms with Crippen molar-refractivity contribution in [2.45, 2.75) is 38.8 Å². The molecule has 1 atom stereocenters. The molecule has 1 aromatic rings. The van der Waals surface area contributed by atoms with E-state index in [9.17, 15) is 5.11 Å². The Kier molecular flexibility index (Phi) is 6.49. The summed E-state index contributed by atoms with van der Waals surface area (Å²) in [5.74, 6) is 0. The van der Waals surface area contributed by atoms with Crippen LogP contribution < -0.4 is 5.32 Å². The standard InChI is InChI=1S/C16H28N2O/c1-5-11-17-16(13-19,12-18(4)14(2)3)15-9-7-6-8-10-15/h6-10,14,17,19H,5,11-13H2,1-4H3. The number of likely N-dealkylation sites (N-methyl/N-ethyl adjacent to an activating group) is 1. The minimum absolute atomic E-state index is 0.105. The molecule has 2 N–H and O–H groups in total. The van der Waals surface area contributed by atoms with Gasteiger partial charge >= 0.3 is 0 Å². The Morgan fingerprint density at radius 1 is 1.26 bits per heavy atom. The Hall–Kier alpha value is -0.900. The van der Waals surface area contributed by atoms with E-state index in [-0.39, 0.29) is 12.1 Å². The smallest absolute Gasteiger partial charge is 0.0797 e. The van der Waals surface area contributed by atoms with Gasteiger partial charge in [-0.15, -0.1) is 0 Å². The summed E-state index contributed by atoms with van der Waals surface area (Å²) < 4.78 is 0. The summed E-state index contributed by atoms with van der Waals surface area (Å²) in [7, 11) is 2.10. The lowest BCUT2D eigenvalue weighted by atomic mass is 9.89. The molecule has 0 aliphatic carbocycles. The van der Waals surface area contributed by atoms with Crippen LogP contribution in [0.3, 0.4) is 0 Å². The maximum atomic E-state index is 10.00. The lowest BCUT2D eigenvalue weighted by molar-refractivity contribution is 0.105. The Morgan fingerprint density at radius 3 is 2.37 bits per heavy atom. The average molecular weight is 264 g/mol. The number of aliphatic hydroxyl groups excluding tert-OH is 1. The lowest BCUT2D eigenvalue weighted by Crippen LogP contribution is -2.54. The number of hydrogen-bond acceptors (Lipinski definition) is 3. The average Bonchev–Trinajstić information content (AvgIpc) is 2.44. The van der Waals surface area contributed by atoms with Crippen LogP contribution in [0, 0.1) is 0 Å². The summed E-state index contributed by atoms with van der Waals surface area (Å²) in [6.45, 7) is 8.30. The first-order chi connectivity index (χ1) is 9.05. The van der Waals surface area contributed by atoms with E-state index in [1.54, 1.807) is 0 Å². The first-order valence-corrected chi connectivity index (χ1v) is 7.17. The van der Waals surface area contributed by atoms with Crippen LogP contribution in [0.4, 0.5) is 0 Å². The van der Waals surface area contributed by atoms with E-state index in [1.165, 1.54) is 0 Å². The van der Waals surface area contributed by atoms with Gasteiger partial charge in [-0.1, -0.05) is 37.3 Å². The molecule has 0 saturated heterocycles. The second-order valence-electron chi connectivity index (χ2n) is 5.54. The van der Waals surface area contributed by atoms with Crippen LogP contribution in [0.1, 0.15) is 32.8 Å². The molecule has 108 valence electrons. The van der Waals surface area contributed by atoms with Gasteiger partial charge in [-0.2, -0.15) is 0 Å². The molecule has 0 radical (unpaired) electrons. The van der Waals surface area contributed by atoms with Crippen molar-refractivity contribution in [1.82, 2.24) is 10.2 Å². The van der Waals surface area contributed by atoms with Crippen molar-refractivity contribution in [3.05, 3.63) is 35.9 Å². The van der Waals surface area contributed by atoms with Gasteiger partial charge in [0.05, 0.1) is 12.1 Å². The van der Waals surface area contributed by atoms with Crippen LogP contribution in [-0.2, 0) is 5.54 Å². The Bertz CT molecular complexity index is 353. The number of nitrogens with zero attached hydrogens (tertiary/aromatic N) is 1.